The molecular formula is C11H11F3N4. The molecular weight excluding hydrogens is 245 g/mol. The minimum absolute atomic E-state index is 0.177. The number of nitrogens with zero attached hydrogens (tertiary/aromatic N) is 4. The van der Waals surface area contributed by atoms with E-state index in [2.05, 4.69) is 15.4 Å². The highest BCUT2D eigenvalue weighted by Crippen LogP contribution is 2.30. The summed E-state index contributed by atoms with van der Waals surface area (Å²) in [5, 5.41) is 11.4. The number of hydrogen-bond acceptors (Lipinski definition) is 3. The fraction of sp³-hybridized carbons (Fsp3) is 0.364. The first-order valence-electron chi connectivity index (χ1n) is 5.27. The van der Waals surface area contributed by atoms with Gasteiger partial charge in [0.05, 0.1) is 12.1 Å². The third kappa shape index (κ3) is 2.66. The number of hydrogen-bond donors (Lipinski definition) is 0. The average Bonchev–Trinajstić information content (AvgIpc) is 2.66. The van der Waals surface area contributed by atoms with Crippen LogP contribution in [0.1, 0.15) is 22.5 Å². The molecule has 0 N–H and O–H groups in total. The maximum Gasteiger partial charge on any atom is 0.416 e. The molecule has 0 unspecified atom stereocenters. The molecule has 1 aromatic carbocycles. The van der Waals surface area contributed by atoms with Gasteiger partial charge >= 0.3 is 6.18 Å². The summed E-state index contributed by atoms with van der Waals surface area (Å²) >= 11 is 0. The van der Waals surface area contributed by atoms with Crippen molar-refractivity contribution in [3.8, 4) is 0 Å². The normalized spacial score (nSPS) is 11.8. The minimum Gasteiger partial charge on any atom is -0.166 e. The minimum atomic E-state index is -4.34. The molecule has 0 spiro atoms. The molecule has 1 aromatic heterocycles. The maximum absolute atomic E-state index is 12.6. The van der Waals surface area contributed by atoms with Crippen LogP contribution in [0.15, 0.2) is 18.2 Å². The fourth-order valence-corrected chi connectivity index (χ4v) is 1.56. The number of alkyl halides is 3. The monoisotopic (exact) mass is 256 g/mol. The maximum atomic E-state index is 12.6. The van der Waals surface area contributed by atoms with Crippen molar-refractivity contribution in [3.63, 3.8) is 0 Å². The fourth-order valence-electron chi connectivity index (χ4n) is 1.56. The summed E-state index contributed by atoms with van der Waals surface area (Å²) in [7, 11) is 0. The number of aromatic nitrogens is 4. The second-order valence-electron chi connectivity index (χ2n) is 4.01. The van der Waals surface area contributed by atoms with Gasteiger partial charge in [0.1, 0.15) is 0 Å². The van der Waals surface area contributed by atoms with Crippen LogP contribution in [0.2, 0.25) is 0 Å². The Morgan fingerprint density at radius 1 is 1.22 bits per heavy atom. The van der Waals surface area contributed by atoms with Crippen LogP contribution in [0, 0.1) is 13.8 Å². The Morgan fingerprint density at radius 3 is 2.50 bits per heavy atom. The zero-order valence-electron chi connectivity index (χ0n) is 9.86. The van der Waals surface area contributed by atoms with E-state index in [1.165, 1.54) is 10.9 Å². The van der Waals surface area contributed by atoms with E-state index in [-0.39, 0.29) is 6.54 Å². The van der Waals surface area contributed by atoms with E-state index in [1.54, 1.807) is 13.8 Å². The van der Waals surface area contributed by atoms with Crippen LogP contribution in [0.3, 0.4) is 0 Å². The number of benzene rings is 1. The van der Waals surface area contributed by atoms with E-state index in [4.69, 9.17) is 0 Å². The first-order valence-corrected chi connectivity index (χ1v) is 5.27. The third-order valence-electron chi connectivity index (χ3n) is 2.54. The molecule has 18 heavy (non-hydrogen) atoms. The van der Waals surface area contributed by atoms with Gasteiger partial charge in [-0.3, -0.25) is 0 Å². The molecule has 0 aliphatic heterocycles. The Balaban J connectivity index is 2.32. The summed E-state index contributed by atoms with van der Waals surface area (Å²) in [5.41, 5.74) is 0.625. The Hall–Kier alpha value is -1.92. The topological polar surface area (TPSA) is 43.6 Å². The molecule has 0 radical (unpaired) electrons. The number of halogens is 3. The molecule has 1 heterocycles. The molecule has 0 atom stereocenters. The molecule has 7 heteroatoms. The van der Waals surface area contributed by atoms with Gasteiger partial charge in [-0.25, -0.2) is 0 Å². The second kappa shape index (κ2) is 4.40. The van der Waals surface area contributed by atoms with Gasteiger partial charge in [0.2, 0.25) is 0 Å². The summed E-state index contributed by atoms with van der Waals surface area (Å²) in [5.74, 6) is 0.486. The van der Waals surface area contributed by atoms with E-state index < -0.39 is 11.7 Å². The first kappa shape index (κ1) is 12.5. The number of tetrazole rings is 1. The summed E-state index contributed by atoms with van der Waals surface area (Å²) < 4.78 is 37.8. The van der Waals surface area contributed by atoms with Gasteiger partial charge in [0, 0.05) is 0 Å². The summed E-state index contributed by atoms with van der Waals surface area (Å²) in [6, 6.07) is 3.63. The molecule has 0 aliphatic carbocycles. The first-order chi connectivity index (χ1) is 8.36. The van der Waals surface area contributed by atoms with E-state index >= 15 is 0 Å². The van der Waals surface area contributed by atoms with Crippen LogP contribution in [0.5, 0.6) is 0 Å². The molecule has 4 nitrogen and oxygen atoms in total. The second-order valence-corrected chi connectivity index (χ2v) is 4.01. The largest absolute Gasteiger partial charge is 0.416 e. The molecule has 2 aromatic rings. The van der Waals surface area contributed by atoms with Gasteiger partial charge in [0.25, 0.3) is 0 Å². The summed E-state index contributed by atoms with van der Waals surface area (Å²) in [6.45, 7) is 3.60. The Morgan fingerprint density at radius 2 is 1.94 bits per heavy atom. The van der Waals surface area contributed by atoms with Crippen molar-refractivity contribution in [2.75, 3.05) is 0 Å². The molecule has 0 bridgehead atoms. The molecule has 96 valence electrons. The Labute approximate surface area is 101 Å². The van der Waals surface area contributed by atoms with Crippen molar-refractivity contribution >= 4 is 0 Å². The van der Waals surface area contributed by atoms with Gasteiger partial charge in [-0.15, -0.1) is 10.2 Å². The van der Waals surface area contributed by atoms with Gasteiger partial charge in [-0.1, -0.05) is 6.07 Å². The lowest BCUT2D eigenvalue weighted by atomic mass is 10.0. The van der Waals surface area contributed by atoms with E-state index in [9.17, 15) is 13.2 Å². The van der Waals surface area contributed by atoms with Crippen molar-refractivity contribution in [2.45, 2.75) is 26.6 Å². The van der Waals surface area contributed by atoms with Gasteiger partial charge in [-0.05, 0) is 42.3 Å². The molecule has 0 amide bonds. The lowest BCUT2D eigenvalue weighted by molar-refractivity contribution is -0.137. The molecule has 2 rings (SSSR count). The van der Waals surface area contributed by atoms with Crippen molar-refractivity contribution in [2.24, 2.45) is 0 Å². The predicted molar refractivity (Wildman–Crippen MR) is 57.8 cm³/mol. The van der Waals surface area contributed by atoms with E-state index in [1.807, 2.05) is 0 Å². The van der Waals surface area contributed by atoms with Crippen molar-refractivity contribution in [3.05, 3.63) is 40.7 Å². The van der Waals surface area contributed by atoms with Crippen LogP contribution < -0.4 is 0 Å². The van der Waals surface area contributed by atoms with Crippen LogP contribution in [-0.4, -0.2) is 20.2 Å². The van der Waals surface area contributed by atoms with Crippen molar-refractivity contribution < 1.29 is 13.2 Å². The third-order valence-corrected chi connectivity index (χ3v) is 2.54. The van der Waals surface area contributed by atoms with E-state index in [0.29, 0.717) is 11.4 Å². The van der Waals surface area contributed by atoms with Crippen LogP contribution in [0.25, 0.3) is 0 Å². The highest BCUT2D eigenvalue weighted by Gasteiger charge is 2.30. The lowest BCUT2D eigenvalue weighted by Gasteiger charge is -2.10. The Bertz CT molecular complexity index is 560. The zero-order chi connectivity index (χ0) is 13.3. The van der Waals surface area contributed by atoms with Gasteiger partial charge < -0.3 is 0 Å². The zero-order valence-corrected chi connectivity index (χ0v) is 9.86. The number of aryl methyl sites for hydroxylation is 2. The number of rotatable bonds is 2. The van der Waals surface area contributed by atoms with Crippen LogP contribution in [0.4, 0.5) is 13.2 Å². The lowest BCUT2D eigenvalue weighted by Crippen LogP contribution is -2.09. The summed E-state index contributed by atoms with van der Waals surface area (Å²) in [6.07, 6.45) is -4.34. The average molecular weight is 256 g/mol. The van der Waals surface area contributed by atoms with Gasteiger partial charge in [-0.2, -0.15) is 18.0 Å². The highest BCUT2D eigenvalue weighted by atomic mass is 19.4. The smallest absolute Gasteiger partial charge is 0.166 e. The van der Waals surface area contributed by atoms with Gasteiger partial charge in [0.15, 0.2) is 5.82 Å². The Kier molecular flexibility index (Phi) is 3.06. The quantitative estimate of drug-likeness (QED) is 0.828. The predicted octanol–water partition coefficient (Wildman–Crippen LogP) is 2.36. The van der Waals surface area contributed by atoms with Crippen molar-refractivity contribution in [1.29, 1.82) is 0 Å². The molecule has 0 fully saturated rings. The molecule has 0 saturated heterocycles. The van der Waals surface area contributed by atoms with E-state index in [0.717, 1.165) is 17.7 Å². The molecule has 0 saturated carbocycles. The SMILES string of the molecule is Cc1nnn(Cc2cc(C(F)(F)F)ccc2C)n1. The highest BCUT2D eigenvalue weighted by molar-refractivity contribution is 5.32. The van der Waals surface area contributed by atoms with Crippen LogP contribution >= 0.6 is 0 Å². The summed E-state index contributed by atoms with van der Waals surface area (Å²) in [4.78, 5) is 1.28. The van der Waals surface area contributed by atoms with Crippen molar-refractivity contribution in [1.82, 2.24) is 20.2 Å². The standard InChI is InChI=1S/C11H11F3N4/c1-7-3-4-10(11(12,13)14)5-9(7)6-18-16-8(2)15-17-18/h3-5H,6H2,1-2H3. The van der Waals surface area contributed by atoms with Crippen LogP contribution in [-0.2, 0) is 12.7 Å². The molecule has 0 aliphatic rings.